The van der Waals surface area contributed by atoms with Crippen LogP contribution in [0.1, 0.15) is 30.9 Å². The van der Waals surface area contributed by atoms with E-state index in [9.17, 15) is 4.79 Å². The Hall–Kier alpha value is -1.81. The highest BCUT2D eigenvalue weighted by atomic mass is 16.5. The summed E-state index contributed by atoms with van der Waals surface area (Å²) >= 11 is 0. The second-order valence-corrected chi connectivity index (χ2v) is 5.62. The maximum atomic E-state index is 12.4. The van der Waals surface area contributed by atoms with Crippen LogP contribution in [0.2, 0.25) is 0 Å². The van der Waals surface area contributed by atoms with E-state index in [1.54, 1.807) is 7.11 Å². The summed E-state index contributed by atoms with van der Waals surface area (Å²) < 4.78 is 10.4. The first-order valence-corrected chi connectivity index (χ1v) is 7.49. The summed E-state index contributed by atoms with van der Waals surface area (Å²) in [6, 6.07) is 8.09. The second-order valence-electron chi connectivity index (χ2n) is 5.62. The Balaban J connectivity index is 1.72. The second kappa shape index (κ2) is 6.31. The van der Waals surface area contributed by atoms with Crippen LogP contribution in [0, 0.1) is 5.92 Å². The predicted octanol–water partition coefficient (Wildman–Crippen LogP) is 2.61. The minimum atomic E-state index is 0.0472. The van der Waals surface area contributed by atoms with Crippen LogP contribution in [0.15, 0.2) is 35.9 Å². The Morgan fingerprint density at radius 1 is 1.33 bits per heavy atom. The van der Waals surface area contributed by atoms with Gasteiger partial charge in [-0.25, -0.2) is 0 Å². The molecule has 1 heterocycles. The van der Waals surface area contributed by atoms with Gasteiger partial charge in [-0.15, -0.1) is 0 Å². The fraction of sp³-hybridized carbons (Fsp3) is 0.471. The normalized spacial score (nSPS) is 19.6. The Kier molecular flexibility index (Phi) is 4.25. The molecule has 0 unspecified atom stereocenters. The van der Waals surface area contributed by atoms with Gasteiger partial charge in [-0.2, -0.15) is 0 Å². The standard InChI is InChI=1S/C17H21NO3/c1-20-15-6-4-13(5-7-15)16(12-2-3-12)18-17(19)14-8-10-21-11-9-14/h4-8,12,16H,2-3,9-11H2,1H3,(H,18,19)/t16-/m1/s1. The molecule has 1 aromatic rings. The highest BCUT2D eigenvalue weighted by molar-refractivity contribution is 5.93. The highest BCUT2D eigenvalue weighted by Gasteiger charge is 2.33. The molecule has 1 N–H and O–H groups in total. The van der Waals surface area contributed by atoms with E-state index < -0.39 is 0 Å². The largest absolute Gasteiger partial charge is 0.497 e. The number of amides is 1. The molecule has 0 spiro atoms. The lowest BCUT2D eigenvalue weighted by molar-refractivity contribution is -0.118. The number of ether oxygens (including phenoxy) is 2. The third-order valence-corrected chi connectivity index (χ3v) is 4.11. The van der Waals surface area contributed by atoms with Crippen molar-refractivity contribution in [3.63, 3.8) is 0 Å². The average molecular weight is 287 g/mol. The summed E-state index contributed by atoms with van der Waals surface area (Å²) in [5.74, 6) is 1.44. The molecule has 21 heavy (non-hydrogen) atoms. The molecular formula is C17H21NO3. The van der Waals surface area contributed by atoms with E-state index >= 15 is 0 Å². The topological polar surface area (TPSA) is 47.6 Å². The molecule has 0 bridgehead atoms. The average Bonchev–Trinajstić information content (AvgIpc) is 3.38. The Labute approximate surface area is 125 Å². The molecule has 1 aliphatic carbocycles. The fourth-order valence-electron chi connectivity index (χ4n) is 2.68. The maximum absolute atomic E-state index is 12.4. The number of benzene rings is 1. The van der Waals surface area contributed by atoms with E-state index in [0.717, 1.165) is 16.9 Å². The van der Waals surface area contributed by atoms with Crippen LogP contribution >= 0.6 is 0 Å². The molecule has 1 atom stereocenters. The lowest BCUT2D eigenvalue weighted by Crippen LogP contribution is -2.32. The number of hydrogen-bond donors (Lipinski definition) is 1. The quantitative estimate of drug-likeness (QED) is 0.905. The maximum Gasteiger partial charge on any atom is 0.247 e. The third kappa shape index (κ3) is 3.45. The number of carbonyl (C=O) groups is 1. The van der Waals surface area contributed by atoms with E-state index in [1.807, 2.05) is 30.3 Å². The Morgan fingerprint density at radius 2 is 2.10 bits per heavy atom. The molecule has 0 saturated heterocycles. The van der Waals surface area contributed by atoms with Crippen molar-refractivity contribution < 1.29 is 14.3 Å². The van der Waals surface area contributed by atoms with Gasteiger partial charge in [-0.1, -0.05) is 18.2 Å². The summed E-state index contributed by atoms with van der Waals surface area (Å²) in [5, 5.41) is 3.20. The summed E-state index contributed by atoms with van der Waals surface area (Å²) in [7, 11) is 1.66. The SMILES string of the molecule is COc1ccc([C@H](NC(=O)C2=CCOCC2)C2CC2)cc1. The van der Waals surface area contributed by atoms with Crippen molar-refractivity contribution in [3.05, 3.63) is 41.5 Å². The summed E-state index contributed by atoms with van der Waals surface area (Å²) in [6.07, 6.45) is 4.95. The van der Waals surface area contributed by atoms with Gasteiger partial charge in [0.25, 0.3) is 0 Å². The molecule has 0 aromatic heterocycles. The Morgan fingerprint density at radius 3 is 2.67 bits per heavy atom. The first-order valence-electron chi connectivity index (χ1n) is 7.49. The smallest absolute Gasteiger partial charge is 0.247 e. The molecule has 3 rings (SSSR count). The van der Waals surface area contributed by atoms with Crippen molar-refractivity contribution in [1.29, 1.82) is 0 Å². The predicted molar refractivity (Wildman–Crippen MR) is 80.1 cm³/mol. The van der Waals surface area contributed by atoms with Gasteiger partial charge in [0.15, 0.2) is 0 Å². The first kappa shape index (κ1) is 14.1. The van der Waals surface area contributed by atoms with Gasteiger partial charge in [0.2, 0.25) is 5.91 Å². The minimum absolute atomic E-state index is 0.0472. The van der Waals surface area contributed by atoms with Gasteiger partial charge in [0, 0.05) is 12.0 Å². The van der Waals surface area contributed by atoms with Crippen LogP contribution in [0.5, 0.6) is 5.75 Å². The fourth-order valence-corrected chi connectivity index (χ4v) is 2.68. The number of nitrogens with one attached hydrogen (secondary N) is 1. The lowest BCUT2D eigenvalue weighted by Gasteiger charge is -2.21. The number of rotatable bonds is 5. The van der Waals surface area contributed by atoms with E-state index in [2.05, 4.69) is 5.32 Å². The molecule has 0 radical (unpaired) electrons. The molecule has 1 fully saturated rings. The minimum Gasteiger partial charge on any atom is -0.497 e. The molecule has 1 aromatic carbocycles. The molecule has 1 amide bonds. The van der Waals surface area contributed by atoms with Crippen molar-refractivity contribution >= 4 is 5.91 Å². The number of methoxy groups -OCH3 is 1. The first-order chi connectivity index (χ1) is 10.3. The van der Waals surface area contributed by atoms with Gasteiger partial charge in [0.05, 0.1) is 26.4 Å². The van der Waals surface area contributed by atoms with Crippen LogP contribution < -0.4 is 10.1 Å². The Bertz CT molecular complexity index is 531. The van der Waals surface area contributed by atoms with Crippen molar-refractivity contribution in [2.45, 2.75) is 25.3 Å². The lowest BCUT2D eigenvalue weighted by atomic mass is 10.0. The molecule has 2 aliphatic rings. The third-order valence-electron chi connectivity index (χ3n) is 4.11. The zero-order valence-corrected chi connectivity index (χ0v) is 12.3. The van der Waals surface area contributed by atoms with Crippen molar-refractivity contribution in [2.75, 3.05) is 20.3 Å². The number of carbonyl (C=O) groups excluding carboxylic acids is 1. The van der Waals surface area contributed by atoms with Gasteiger partial charge < -0.3 is 14.8 Å². The molecule has 112 valence electrons. The summed E-state index contributed by atoms with van der Waals surface area (Å²) in [4.78, 5) is 12.4. The molecule has 1 saturated carbocycles. The molecular weight excluding hydrogens is 266 g/mol. The zero-order chi connectivity index (χ0) is 14.7. The molecule has 4 nitrogen and oxygen atoms in total. The summed E-state index contributed by atoms with van der Waals surface area (Å²) in [6.45, 7) is 1.18. The van der Waals surface area contributed by atoms with Crippen molar-refractivity contribution in [1.82, 2.24) is 5.32 Å². The van der Waals surface area contributed by atoms with E-state index in [-0.39, 0.29) is 11.9 Å². The molecule has 4 heteroatoms. The van der Waals surface area contributed by atoms with E-state index in [4.69, 9.17) is 9.47 Å². The van der Waals surface area contributed by atoms with E-state index in [0.29, 0.717) is 25.6 Å². The van der Waals surface area contributed by atoms with Gasteiger partial charge in [-0.05, 0) is 36.5 Å². The monoisotopic (exact) mass is 287 g/mol. The van der Waals surface area contributed by atoms with Gasteiger partial charge in [-0.3, -0.25) is 4.79 Å². The number of hydrogen-bond acceptors (Lipinski definition) is 3. The van der Waals surface area contributed by atoms with Crippen molar-refractivity contribution in [2.24, 2.45) is 5.92 Å². The summed E-state index contributed by atoms with van der Waals surface area (Å²) in [5.41, 5.74) is 2.00. The van der Waals surface area contributed by atoms with Crippen LogP contribution in [0.3, 0.4) is 0 Å². The molecule has 1 aliphatic heterocycles. The van der Waals surface area contributed by atoms with Crippen LogP contribution in [-0.2, 0) is 9.53 Å². The highest BCUT2D eigenvalue weighted by Crippen LogP contribution is 2.41. The van der Waals surface area contributed by atoms with E-state index in [1.165, 1.54) is 12.8 Å². The van der Waals surface area contributed by atoms with Gasteiger partial charge >= 0.3 is 0 Å². The van der Waals surface area contributed by atoms with Crippen LogP contribution in [-0.4, -0.2) is 26.2 Å². The van der Waals surface area contributed by atoms with Crippen LogP contribution in [0.25, 0.3) is 0 Å². The zero-order valence-electron chi connectivity index (χ0n) is 12.3. The van der Waals surface area contributed by atoms with Crippen molar-refractivity contribution in [3.8, 4) is 5.75 Å². The van der Waals surface area contributed by atoms with Crippen LogP contribution in [0.4, 0.5) is 0 Å². The van der Waals surface area contributed by atoms with Gasteiger partial charge in [0.1, 0.15) is 5.75 Å².